The molecule has 1 N–H and O–H groups in total. The van der Waals surface area contributed by atoms with Crippen molar-refractivity contribution in [3.63, 3.8) is 0 Å². The van der Waals surface area contributed by atoms with Gasteiger partial charge < -0.3 is 5.11 Å². The van der Waals surface area contributed by atoms with Gasteiger partial charge in [0.05, 0.1) is 10.6 Å². The molecule has 1 aliphatic heterocycles. The van der Waals surface area contributed by atoms with Crippen LogP contribution in [0.2, 0.25) is 5.02 Å². The number of halogens is 1. The second kappa shape index (κ2) is 3.00. The fourth-order valence-corrected chi connectivity index (χ4v) is 2.86. The number of aliphatic hydroxyl groups excluding tert-OH is 1. The van der Waals surface area contributed by atoms with Crippen molar-refractivity contribution in [1.82, 2.24) is 0 Å². The highest BCUT2D eigenvalue weighted by Crippen LogP contribution is 2.29. The molecule has 1 aromatic rings. The van der Waals surface area contributed by atoms with E-state index in [1.54, 1.807) is 0 Å². The van der Waals surface area contributed by atoms with Crippen LogP contribution in [0.3, 0.4) is 0 Å². The highest BCUT2D eigenvalue weighted by atomic mass is 35.5. The van der Waals surface area contributed by atoms with Gasteiger partial charge in [0, 0.05) is 10.6 Å². The summed E-state index contributed by atoms with van der Waals surface area (Å²) in [5.74, 6) is -0.190. The van der Waals surface area contributed by atoms with E-state index in [0.717, 1.165) is 0 Å². The summed E-state index contributed by atoms with van der Waals surface area (Å²) in [5, 5.41) is 9.86. The molecule has 0 saturated carbocycles. The molecule has 0 saturated heterocycles. The van der Waals surface area contributed by atoms with Crippen molar-refractivity contribution in [3.05, 3.63) is 34.9 Å². The van der Waals surface area contributed by atoms with Crippen LogP contribution < -0.4 is 0 Å². The average molecular weight is 231 g/mol. The Morgan fingerprint density at radius 3 is 2.79 bits per heavy atom. The maximum absolute atomic E-state index is 11.5. The van der Waals surface area contributed by atoms with Gasteiger partial charge in [-0.15, -0.1) is 0 Å². The standard InChI is InChI=1S/C9H7ClO3S/c10-6-1-2-9-7(5-6)8(11)3-4-14(9,12)13/h1-3,5,11H,4H2. The largest absolute Gasteiger partial charge is 0.508 e. The lowest BCUT2D eigenvalue weighted by Gasteiger charge is -2.13. The van der Waals surface area contributed by atoms with E-state index in [9.17, 15) is 13.5 Å². The molecule has 5 heteroatoms. The third-order valence-electron chi connectivity index (χ3n) is 2.05. The Bertz CT molecular complexity index is 517. The van der Waals surface area contributed by atoms with E-state index in [2.05, 4.69) is 0 Å². The molecule has 1 aromatic carbocycles. The van der Waals surface area contributed by atoms with Gasteiger partial charge in [0.15, 0.2) is 9.84 Å². The van der Waals surface area contributed by atoms with Crippen molar-refractivity contribution in [1.29, 1.82) is 0 Å². The number of rotatable bonds is 0. The first-order chi connectivity index (χ1) is 6.50. The molecule has 74 valence electrons. The van der Waals surface area contributed by atoms with Crippen molar-refractivity contribution in [2.24, 2.45) is 0 Å². The summed E-state index contributed by atoms with van der Waals surface area (Å²) in [6.07, 6.45) is 1.27. The van der Waals surface area contributed by atoms with Gasteiger partial charge in [-0.05, 0) is 24.3 Å². The minimum Gasteiger partial charge on any atom is -0.508 e. The predicted octanol–water partition coefficient (Wildman–Crippen LogP) is 2.03. The topological polar surface area (TPSA) is 54.4 Å². The van der Waals surface area contributed by atoms with Gasteiger partial charge in [-0.25, -0.2) is 8.42 Å². The van der Waals surface area contributed by atoms with Crippen molar-refractivity contribution >= 4 is 27.2 Å². The Kier molecular flexibility index (Phi) is 2.05. The molecule has 0 radical (unpaired) electrons. The molecule has 0 amide bonds. The van der Waals surface area contributed by atoms with Gasteiger partial charge in [0.2, 0.25) is 0 Å². The molecule has 0 aromatic heterocycles. The number of fused-ring (bicyclic) bond motifs is 1. The summed E-state index contributed by atoms with van der Waals surface area (Å²) in [6, 6.07) is 4.35. The Labute approximate surface area is 86.6 Å². The minimum absolute atomic E-state index is 0.0303. The summed E-state index contributed by atoms with van der Waals surface area (Å²) < 4.78 is 23.1. The van der Waals surface area contributed by atoms with Crippen LogP contribution in [0.4, 0.5) is 0 Å². The second-order valence-electron chi connectivity index (χ2n) is 3.01. The first-order valence-electron chi connectivity index (χ1n) is 3.92. The quantitative estimate of drug-likeness (QED) is 0.742. The van der Waals surface area contributed by atoms with Gasteiger partial charge >= 0.3 is 0 Å². The van der Waals surface area contributed by atoms with E-state index in [4.69, 9.17) is 11.6 Å². The highest BCUT2D eigenvalue weighted by molar-refractivity contribution is 7.91. The van der Waals surface area contributed by atoms with Crippen LogP contribution in [0.1, 0.15) is 5.56 Å². The zero-order valence-electron chi connectivity index (χ0n) is 7.07. The number of benzene rings is 1. The average Bonchev–Trinajstić information content (AvgIpc) is 2.12. The molecule has 2 rings (SSSR count). The van der Waals surface area contributed by atoms with Gasteiger partial charge in [-0.2, -0.15) is 0 Å². The van der Waals surface area contributed by atoms with E-state index < -0.39 is 9.84 Å². The number of sulfone groups is 1. The molecule has 0 spiro atoms. The monoisotopic (exact) mass is 230 g/mol. The number of aliphatic hydroxyl groups is 1. The second-order valence-corrected chi connectivity index (χ2v) is 5.45. The molecule has 0 unspecified atom stereocenters. The molecular formula is C9H7ClO3S. The van der Waals surface area contributed by atoms with Crippen LogP contribution in [-0.2, 0) is 9.84 Å². The van der Waals surface area contributed by atoms with Crippen LogP contribution in [0, 0.1) is 0 Å². The molecule has 1 heterocycles. The Morgan fingerprint density at radius 2 is 2.07 bits per heavy atom. The normalized spacial score (nSPS) is 18.5. The Morgan fingerprint density at radius 1 is 1.36 bits per heavy atom. The summed E-state index contributed by atoms with van der Waals surface area (Å²) in [6.45, 7) is 0. The highest BCUT2D eigenvalue weighted by Gasteiger charge is 2.24. The first kappa shape index (κ1) is 9.55. The summed E-state index contributed by atoms with van der Waals surface area (Å²) in [5.41, 5.74) is 0.281. The van der Waals surface area contributed by atoms with Crippen LogP contribution in [0.15, 0.2) is 29.2 Å². The van der Waals surface area contributed by atoms with Crippen molar-refractivity contribution in [2.75, 3.05) is 5.75 Å². The molecule has 0 bridgehead atoms. The predicted molar refractivity (Wildman–Crippen MR) is 54.1 cm³/mol. The van der Waals surface area contributed by atoms with E-state index in [-0.39, 0.29) is 22.0 Å². The van der Waals surface area contributed by atoms with Crippen LogP contribution >= 0.6 is 11.6 Å². The van der Waals surface area contributed by atoms with Gasteiger partial charge in [-0.3, -0.25) is 0 Å². The van der Waals surface area contributed by atoms with Crippen molar-refractivity contribution in [3.8, 4) is 0 Å². The Hall–Kier alpha value is -1.00. The van der Waals surface area contributed by atoms with Crippen LogP contribution in [0.25, 0.3) is 5.76 Å². The lowest BCUT2D eigenvalue weighted by atomic mass is 10.2. The smallest absolute Gasteiger partial charge is 0.182 e. The Balaban J connectivity index is 2.78. The van der Waals surface area contributed by atoms with E-state index >= 15 is 0 Å². The zero-order chi connectivity index (χ0) is 10.3. The van der Waals surface area contributed by atoms with Crippen molar-refractivity contribution in [2.45, 2.75) is 4.90 Å². The third kappa shape index (κ3) is 1.40. The maximum atomic E-state index is 11.5. The van der Waals surface area contributed by atoms with E-state index in [1.165, 1.54) is 24.3 Å². The lowest BCUT2D eigenvalue weighted by molar-refractivity contribution is 0.505. The molecule has 0 fully saturated rings. The van der Waals surface area contributed by atoms with E-state index in [1.807, 2.05) is 0 Å². The van der Waals surface area contributed by atoms with Gasteiger partial charge in [-0.1, -0.05) is 11.6 Å². The minimum atomic E-state index is -3.29. The van der Waals surface area contributed by atoms with Gasteiger partial charge in [0.25, 0.3) is 0 Å². The summed E-state index contributed by atoms with van der Waals surface area (Å²) >= 11 is 5.70. The number of hydrogen-bond donors (Lipinski definition) is 1. The summed E-state index contributed by atoms with van der Waals surface area (Å²) in [7, 11) is -3.29. The van der Waals surface area contributed by atoms with Gasteiger partial charge in [0.1, 0.15) is 5.76 Å². The number of hydrogen-bond acceptors (Lipinski definition) is 3. The molecule has 1 aliphatic rings. The third-order valence-corrected chi connectivity index (χ3v) is 3.92. The molecular weight excluding hydrogens is 224 g/mol. The maximum Gasteiger partial charge on any atom is 0.182 e. The summed E-state index contributed by atoms with van der Waals surface area (Å²) in [4.78, 5) is 0.141. The van der Waals surface area contributed by atoms with Crippen molar-refractivity contribution < 1.29 is 13.5 Å². The molecule has 0 atom stereocenters. The van der Waals surface area contributed by atoms with E-state index in [0.29, 0.717) is 5.02 Å². The fraction of sp³-hybridized carbons (Fsp3) is 0.111. The van der Waals surface area contributed by atoms with Crippen LogP contribution in [0.5, 0.6) is 0 Å². The zero-order valence-corrected chi connectivity index (χ0v) is 8.64. The molecule has 3 nitrogen and oxygen atoms in total. The molecule has 0 aliphatic carbocycles. The lowest BCUT2D eigenvalue weighted by Crippen LogP contribution is -2.12. The SMILES string of the molecule is O=S1(=O)CC=C(O)c2cc(Cl)ccc21. The molecule has 14 heavy (non-hydrogen) atoms. The first-order valence-corrected chi connectivity index (χ1v) is 5.95. The fourth-order valence-electron chi connectivity index (χ4n) is 1.36. The van der Waals surface area contributed by atoms with Crippen LogP contribution in [-0.4, -0.2) is 19.3 Å².